The fraction of sp³-hybridized carbons (Fsp3) is 0.333. The SMILES string of the molecule is CO/N=C(\C)[C@@]1(N(O)C(C)=O)C(=O)N(c2ccccc2)N=C1C. The van der Waals surface area contributed by atoms with E-state index in [1.807, 2.05) is 0 Å². The molecule has 0 spiro atoms. The van der Waals surface area contributed by atoms with Gasteiger partial charge in [0.05, 0.1) is 17.1 Å². The van der Waals surface area contributed by atoms with E-state index in [0.29, 0.717) is 10.8 Å². The molecule has 2 amide bonds. The summed E-state index contributed by atoms with van der Waals surface area (Å²) >= 11 is 0. The molecule has 0 saturated heterocycles. The van der Waals surface area contributed by atoms with Crippen LogP contribution in [0.15, 0.2) is 40.6 Å². The Morgan fingerprint density at radius 3 is 2.48 bits per heavy atom. The Morgan fingerprint density at radius 2 is 1.96 bits per heavy atom. The van der Waals surface area contributed by atoms with Crippen molar-refractivity contribution in [3.05, 3.63) is 30.3 Å². The van der Waals surface area contributed by atoms with E-state index >= 15 is 0 Å². The average Bonchev–Trinajstić information content (AvgIpc) is 2.80. The van der Waals surface area contributed by atoms with Gasteiger partial charge in [0.2, 0.25) is 11.4 Å². The number of hydrogen-bond donors (Lipinski definition) is 1. The summed E-state index contributed by atoms with van der Waals surface area (Å²) in [6.45, 7) is 4.18. The molecule has 0 fully saturated rings. The lowest BCUT2D eigenvalue weighted by atomic mass is 9.88. The number of rotatable bonds is 4. The molecule has 0 saturated carbocycles. The van der Waals surface area contributed by atoms with Crippen LogP contribution in [0, 0.1) is 0 Å². The smallest absolute Gasteiger partial charge is 0.287 e. The molecule has 1 aromatic carbocycles. The largest absolute Gasteiger partial charge is 0.399 e. The van der Waals surface area contributed by atoms with Crippen molar-refractivity contribution in [2.45, 2.75) is 26.3 Å². The number of nitrogens with zero attached hydrogens (tertiary/aromatic N) is 4. The van der Waals surface area contributed by atoms with Crippen LogP contribution in [0.4, 0.5) is 5.69 Å². The van der Waals surface area contributed by atoms with E-state index in [1.54, 1.807) is 37.3 Å². The second-order valence-electron chi connectivity index (χ2n) is 5.04. The molecule has 0 unspecified atom stereocenters. The van der Waals surface area contributed by atoms with Crippen molar-refractivity contribution >= 4 is 28.9 Å². The maximum absolute atomic E-state index is 13.0. The molecule has 122 valence electrons. The maximum atomic E-state index is 13.0. The van der Waals surface area contributed by atoms with Gasteiger partial charge in [-0.1, -0.05) is 23.4 Å². The molecule has 1 aliphatic rings. The molecule has 8 heteroatoms. The van der Waals surface area contributed by atoms with Gasteiger partial charge in [-0.3, -0.25) is 14.8 Å². The highest BCUT2D eigenvalue weighted by Gasteiger charge is 2.58. The zero-order chi connectivity index (χ0) is 17.2. The normalized spacial score (nSPS) is 21.3. The fourth-order valence-electron chi connectivity index (χ4n) is 2.57. The van der Waals surface area contributed by atoms with Gasteiger partial charge < -0.3 is 4.84 Å². The topological polar surface area (TPSA) is 94.8 Å². The minimum Gasteiger partial charge on any atom is -0.399 e. The van der Waals surface area contributed by atoms with Crippen LogP contribution in [-0.2, 0) is 14.4 Å². The molecule has 0 radical (unpaired) electrons. The average molecular weight is 318 g/mol. The van der Waals surface area contributed by atoms with Gasteiger partial charge in [0.15, 0.2) is 0 Å². The number of anilines is 1. The Morgan fingerprint density at radius 1 is 1.35 bits per heavy atom. The molecule has 1 atom stereocenters. The number of carbonyl (C=O) groups is 2. The van der Waals surface area contributed by atoms with E-state index in [0.717, 1.165) is 11.9 Å². The summed E-state index contributed by atoms with van der Waals surface area (Å²) in [6.07, 6.45) is 0. The molecule has 23 heavy (non-hydrogen) atoms. The summed E-state index contributed by atoms with van der Waals surface area (Å²) < 4.78 is 0. The van der Waals surface area contributed by atoms with Crippen LogP contribution < -0.4 is 5.01 Å². The van der Waals surface area contributed by atoms with Crippen LogP contribution in [-0.4, -0.2) is 46.2 Å². The van der Waals surface area contributed by atoms with Crippen LogP contribution in [0.5, 0.6) is 0 Å². The first-order valence-electron chi connectivity index (χ1n) is 6.90. The lowest BCUT2D eigenvalue weighted by Gasteiger charge is -2.33. The molecular formula is C15H18N4O4. The third kappa shape index (κ3) is 2.46. The first-order valence-corrected chi connectivity index (χ1v) is 6.90. The van der Waals surface area contributed by atoms with Crippen LogP contribution in [0.25, 0.3) is 0 Å². The Labute approximate surface area is 133 Å². The van der Waals surface area contributed by atoms with E-state index in [2.05, 4.69) is 10.3 Å². The Bertz CT molecular complexity index is 686. The molecule has 1 aliphatic heterocycles. The van der Waals surface area contributed by atoms with Gasteiger partial charge in [0.1, 0.15) is 7.11 Å². The predicted octanol–water partition coefficient (Wildman–Crippen LogP) is 1.41. The summed E-state index contributed by atoms with van der Waals surface area (Å²) in [5.74, 6) is -1.33. The van der Waals surface area contributed by atoms with Gasteiger partial charge in [-0.25, -0.2) is 0 Å². The van der Waals surface area contributed by atoms with Gasteiger partial charge in [0.25, 0.3) is 5.91 Å². The number of benzene rings is 1. The molecule has 0 aliphatic carbocycles. The quantitative estimate of drug-likeness (QED) is 0.516. The van der Waals surface area contributed by atoms with E-state index in [-0.39, 0.29) is 11.4 Å². The second-order valence-corrected chi connectivity index (χ2v) is 5.04. The zero-order valence-corrected chi connectivity index (χ0v) is 13.3. The summed E-state index contributed by atoms with van der Waals surface area (Å²) in [5, 5.41) is 19.7. The molecule has 1 N–H and O–H groups in total. The summed E-state index contributed by atoms with van der Waals surface area (Å²) in [7, 11) is 1.31. The van der Waals surface area contributed by atoms with Crippen molar-refractivity contribution in [3.8, 4) is 0 Å². The number of hydroxylamine groups is 2. The van der Waals surface area contributed by atoms with Crippen LogP contribution in [0.2, 0.25) is 0 Å². The highest BCUT2D eigenvalue weighted by atomic mass is 16.6. The predicted molar refractivity (Wildman–Crippen MR) is 84.2 cm³/mol. The minimum absolute atomic E-state index is 0.0994. The van der Waals surface area contributed by atoms with Crippen molar-refractivity contribution in [1.82, 2.24) is 5.06 Å². The third-order valence-corrected chi connectivity index (χ3v) is 3.64. The molecule has 0 bridgehead atoms. The monoisotopic (exact) mass is 318 g/mol. The molecule has 0 aromatic heterocycles. The number of hydrazone groups is 1. The standard InChI is InChI=1S/C15H18N4O4/c1-10-15(11(2)17-23-4,19(22)12(3)20)14(21)18(16-10)13-8-6-5-7-9-13/h5-9,22H,1-4H3/b17-11+/t15-/m1/s1. The number of para-hydroxylation sites is 1. The maximum Gasteiger partial charge on any atom is 0.287 e. The number of oxime groups is 1. The van der Waals surface area contributed by atoms with Gasteiger partial charge >= 0.3 is 0 Å². The Kier molecular flexibility index (Phi) is 4.46. The lowest BCUT2D eigenvalue weighted by Crippen LogP contribution is -2.64. The number of carbonyl (C=O) groups excluding carboxylic acids is 2. The van der Waals surface area contributed by atoms with E-state index in [9.17, 15) is 14.8 Å². The van der Waals surface area contributed by atoms with Gasteiger partial charge in [0, 0.05) is 6.92 Å². The zero-order valence-electron chi connectivity index (χ0n) is 13.3. The lowest BCUT2D eigenvalue weighted by molar-refractivity contribution is -0.176. The highest BCUT2D eigenvalue weighted by molar-refractivity contribution is 6.37. The van der Waals surface area contributed by atoms with E-state index in [4.69, 9.17) is 4.84 Å². The highest BCUT2D eigenvalue weighted by Crippen LogP contribution is 2.32. The fourth-order valence-corrected chi connectivity index (χ4v) is 2.57. The van der Waals surface area contributed by atoms with E-state index in [1.165, 1.54) is 14.0 Å². The molecule has 1 aromatic rings. The van der Waals surface area contributed by atoms with Gasteiger partial charge in [-0.15, -0.1) is 0 Å². The molecule has 8 nitrogen and oxygen atoms in total. The second kappa shape index (κ2) is 6.17. The number of amides is 2. The van der Waals surface area contributed by atoms with Crippen LogP contribution in [0.3, 0.4) is 0 Å². The first kappa shape index (κ1) is 16.6. The van der Waals surface area contributed by atoms with E-state index < -0.39 is 17.4 Å². The summed E-state index contributed by atoms with van der Waals surface area (Å²) in [6, 6.07) is 8.71. The van der Waals surface area contributed by atoms with Gasteiger partial charge in [-0.2, -0.15) is 15.2 Å². The third-order valence-electron chi connectivity index (χ3n) is 3.64. The Balaban J connectivity index is 2.61. The summed E-state index contributed by atoms with van der Waals surface area (Å²) in [4.78, 5) is 29.5. The molecule has 1 heterocycles. The molecule has 2 rings (SSSR count). The van der Waals surface area contributed by atoms with Gasteiger partial charge in [-0.05, 0) is 26.0 Å². The van der Waals surface area contributed by atoms with Crippen molar-refractivity contribution in [1.29, 1.82) is 0 Å². The van der Waals surface area contributed by atoms with Crippen molar-refractivity contribution < 1.29 is 19.6 Å². The number of hydrogen-bond acceptors (Lipinski definition) is 6. The molecular weight excluding hydrogens is 300 g/mol. The van der Waals surface area contributed by atoms with Crippen molar-refractivity contribution in [2.24, 2.45) is 10.3 Å². The Hall–Kier alpha value is -2.74. The summed E-state index contributed by atoms with van der Waals surface area (Å²) in [5.41, 5.74) is -0.997. The van der Waals surface area contributed by atoms with Crippen LogP contribution in [0.1, 0.15) is 20.8 Å². The first-order chi connectivity index (χ1) is 10.9. The van der Waals surface area contributed by atoms with Crippen molar-refractivity contribution in [2.75, 3.05) is 12.1 Å². The minimum atomic E-state index is -1.82. The van der Waals surface area contributed by atoms with Crippen LogP contribution >= 0.6 is 0 Å². The van der Waals surface area contributed by atoms with Crippen molar-refractivity contribution in [3.63, 3.8) is 0 Å².